The van der Waals surface area contributed by atoms with Crippen LogP contribution in [0.1, 0.15) is 18.4 Å². The van der Waals surface area contributed by atoms with Crippen LogP contribution in [0.5, 0.6) is 0 Å². The van der Waals surface area contributed by atoms with Gasteiger partial charge in [0, 0.05) is 24.8 Å². The molecule has 0 saturated carbocycles. The van der Waals surface area contributed by atoms with E-state index in [1.54, 1.807) is 18.2 Å². The Kier molecular flexibility index (Phi) is 4.67. The van der Waals surface area contributed by atoms with Crippen LogP contribution in [0.3, 0.4) is 0 Å². The lowest BCUT2D eigenvalue weighted by molar-refractivity contribution is 0.0446. The fraction of sp³-hybridized carbons (Fsp3) is 0.294. The van der Waals surface area contributed by atoms with Crippen molar-refractivity contribution in [1.82, 2.24) is 4.72 Å². The summed E-state index contributed by atoms with van der Waals surface area (Å²) in [5.74, 6) is -1.47. The van der Waals surface area contributed by atoms with Gasteiger partial charge in [-0.05, 0) is 31.0 Å². The van der Waals surface area contributed by atoms with E-state index in [2.05, 4.69) is 4.72 Å². The van der Waals surface area contributed by atoms with Crippen molar-refractivity contribution in [3.05, 3.63) is 65.7 Å². The van der Waals surface area contributed by atoms with Gasteiger partial charge in [-0.2, -0.15) is 0 Å². The van der Waals surface area contributed by atoms with Crippen molar-refractivity contribution in [2.75, 3.05) is 13.2 Å². The van der Waals surface area contributed by atoms with Gasteiger partial charge in [0.2, 0.25) is 10.0 Å². The Morgan fingerprint density at radius 3 is 2.29 bits per heavy atom. The molecule has 0 radical (unpaired) electrons. The van der Waals surface area contributed by atoms with Crippen molar-refractivity contribution in [3.63, 3.8) is 0 Å². The Morgan fingerprint density at radius 2 is 1.67 bits per heavy atom. The highest BCUT2D eigenvalue weighted by Crippen LogP contribution is 2.35. The lowest BCUT2D eigenvalue weighted by atomic mass is 9.83. The normalized spacial score (nSPS) is 17.6. The van der Waals surface area contributed by atoms with E-state index in [0.29, 0.717) is 0 Å². The van der Waals surface area contributed by atoms with Crippen LogP contribution in [0.2, 0.25) is 0 Å². The maximum Gasteiger partial charge on any atom is 0.241 e. The van der Waals surface area contributed by atoms with E-state index < -0.39 is 27.2 Å². The van der Waals surface area contributed by atoms with E-state index >= 15 is 0 Å². The van der Waals surface area contributed by atoms with Crippen LogP contribution in [0, 0.1) is 11.6 Å². The summed E-state index contributed by atoms with van der Waals surface area (Å²) in [4.78, 5) is 0.0957. The number of hydrogen-bond acceptors (Lipinski definition) is 3. The second kappa shape index (κ2) is 6.58. The maximum absolute atomic E-state index is 14.3. The van der Waals surface area contributed by atoms with Gasteiger partial charge in [-0.15, -0.1) is 0 Å². The third-order valence-corrected chi connectivity index (χ3v) is 5.73. The van der Waals surface area contributed by atoms with E-state index in [1.165, 1.54) is 18.2 Å². The molecule has 1 heterocycles. The number of halogens is 2. The molecule has 0 bridgehead atoms. The second-order valence-corrected chi connectivity index (χ2v) is 7.42. The number of nitrogens with one attached hydrogen (secondary N) is 1. The molecular formula is C17H17F2NO3S. The Bertz CT molecular complexity index is 819. The minimum Gasteiger partial charge on any atom is -0.381 e. The Balaban J connectivity index is 2.04. The van der Waals surface area contributed by atoms with Crippen molar-refractivity contribution >= 4 is 10.0 Å². The Labute approximate surface area is 139 Å². The standard InChI is InChI=1S/C17H17F2NO3S/c18-13-6-7-15(16(19)12-13)17(8-10-23-11-9-17)20-24(21,22)14-4-2-1-3-5-14/h1-7,12,20H,8-11H2. The molecule has 2 aromatic carbocycles. The third kappa shape index (κ3) is 3.33. The van der Waals surface area contributed by atoms with Crippen molar-refractivity contribution in [2.24, 2.45) is 0 Å². The van der Waals surface area contributed by atoms with Gasteiger partial charge in [0.25, 0.3) is 0 Å². The number of hydrogen-bond donors (Lipinski definition) is 1. The van der Waals surface area contributed by atoms with Gasteiger partial charge >= 0.3 is 0 Å². The summed E-state index contributed by atoms with van der Waals surface area (Å²) in [6, 6.07) is 11.1. The first kappa shape index (κ1) is 17.0. The van der Waals surface area contributed by atoms with Crippen molar-refractivity contribution in [3.8, 4) is 0 Å². The molecule has 1 aliphatic rings. The zero-order valence-corrected chi connectivity index (χ0v) is 13.7. The van der Waals surface area contributed by atoms with Gasteiger partial charge in [-0.1, -0.05) is 24.3 Å². The molecule has 0 aliphatic carbocycles. The summed E-state index contributed by atoms with van der Waals surface area (Å²) in [6.07, 6.45) is 0.531. The molecule has 1 saturated heterocycles. The first-order valence-electron chi connectivity index (χ1n) is 7.55. The van der Waals surface area contributed by atoms with Crippen molar-refractivity contribution < 1.29 is 21.9 Å². The minimum atomic E-state index is -3.86. The van der Waals surface area contributed by atoms with Crippen molar-refractivity contribution in [1.29, 1.82) is 0 Å². The molecule has 4 nitrogen and oxygen atoms in total. The average Bonchev–Trinajstić information content (AvgIpc) is 2.56. The van der Waals surface area contributed by atoms with Crippen LogP contribution in [0.4, 0.5) is 8.78 Å². The molecule has 1 fully saturated rings. The van der Waals surface area contributed by atoms with E-state index in [9.17, 15) is 17.2 Å². The molecule has 0 atom stereocenters. The molecule has 3 rings (SSSR count). The van der Waals surface area contributed by atoms with Gasteiger partial charge < -0.3 is 4.74 Å². The molecule has 2 aromatic rings. The molecule has 128 valence electrons. The van der Waals surface area contributed by atoms with E-state index in [4.69, 9.17) is 4.74 Å². The van der Waals surface area contributed by atoms with Gasteiger partial charge in [0.15, 0.2) is 0 Å². The molecule has 1 N–H and O–H groups in total. The summed E-state index contributed by atoms with van der Waals surface area (Å²) in [7, 11) is -3.86. The van der Waals surface area contributed by atoms with Crippen LogP contribution in [0.15, 0.2) is 53.4 Å². The van der Waals surface area contributed by atoms with Crippen LogP contribution in [-0.4, -0.2) is 21.6 Å². The SMILES string of the molecule is O=S(=O)(NC1(c2ccc(F)cc2F)CCOCC1)c1ccccc1. The fourth-order valence-corrected chi connectivity index (χ4v) is 4.40. The molecular weight excluding hydrogens is 336 g/mol. The molecule has 0 spiro atoms. The smallest absolute Gasteiger partial charge is 0.241 e. The zero-order chi connectivity index (χ0) is 17.2. The summed E-state index contributed by atoms with van der Waals surface area (Å²) < 4.78 is 60.9. The molecule has 7 heteroatoms. The van der Waals surface area contributed by atoms with Gasteiger partial charge in [-0.25, -0.2) is 21.9 Å². The number of ether oxygens (including phenoxy) is 1. The summed E-state index contributed by atoms with van der Waals surface area (Å²) in [6.45, 7) is 0.572. The van der Waals surface area contributed by atoms with Crippen molar-refractivity contribution in [2.45, 2.75) is 23.3 Å². The van der Waals surface area contributed by atoms with Gasteiger partial charge in [0.05, 0.1) is 10.4 Å². The molecule has 0 aromatic heterocycles. The highest BCUT2D eigenvalue weighted by Gasteiger charge is 2.40. The van der Waals surface area contributed by atoms with Gasteiger partial charge in [0.1, 0.15) is 11.6 Å². The topological polar surface area (TPSA) is 55.4 Å². The highest BCUT2D eigenvalue weighted by atomic mass is 32.2. The zero-order valence-electron chi connectivity index (χ0n) is 12.8. The third-order valence-electron chi connectivity index (χ3n) is 4.18. The van der Waals surface area contributed by atoms with Crippen LogP contribution < -0.4 is 4.72 Å². The Morgan fingerprint density at radius 1 is 1.00 bits per heavy atom. The first-order valence-corrected chi connectivity index (χ1v) is 9.04. The summed E-state index contributed by atoms with van der Waals surface area (Å²) in [5.41, 5.74) is -1.03. The maximum atomic E-state index is 14.3. The van der Waals surface area contributed by atoms with Gasteiger partial charge in [-0.3, -0.25) is 0 Å². The minimum absolute atomic E-state index is 0.0957. The number of benzene rings is 2. The quantitative estimate of drug-likeness (QED) is 0.919. The lowest BCUT2D eigenvalue weighted by Crippen LogP contribution is -2.49. The summed E-state index contributed by atoms with van der Waals surface area (Å²) in [5, 5.41) is 0. The predicted molar refractivity (Wildman–Crippen MR) is 84.9 cm³/mol. The van der Waals surface area contributed by atoms with E-state index in [1.807, 2.05) is 0 Å². The van der Waals surface area contributed by atoms with E-state index in [-0.39, 0.29) is 36.5 Å². The van der Waals surface area contributed by atoms with E-state index in [0.717, 1.165) is 12.1 Å². The predicted octanol–water partition coefficient (Wildman–Crippen LogP) is 2.95. The Hall–Kier alpha value is -1.83. The second-order valence-electron chi connectivity index (χ2n) is 5.74. The molecule has 24 heavy (non-hydrogen) atoms. The fourth-order valence-electron chi connectivity index (χ4n) is 2.94. The highest BCUT2D eigenvalue weighted by molar-refractivity contribution is 7.89. The van der Waals surface area contributed by atoms with Crippen LogP contribution in [0.25, 0.3) is 0 Å². The monoisotopic (exact) mass is 353 g/mol. The number of rotatable bonds is 4. The lowest BCUT2D eigenvalue weighted by Gasteiger charge is -2.38. The largest absolute Gasteiger partial charge is 0.381 e. The van der Waals surface area contributed by atoms with Crippen LogP contribution >= 0.6 is 0 Å². The average molecular weight is 353 g/mol. The summed E-state index contributed by atoms with van der Waals surface area (Å²) >= 11 is 0. The molecule has 0 amide bonds. The molecule has 1 aliphatic heterocycles. The van der Waals surface area contributed by atoms with Crippen LogP contribution in [-0.2, 0) is 20.3 Å². The molecule has 0 unspecified atom stereocenters. The first-order chi connectivity index (χ1) is 11.4. The number of sulfonamides is 1.